The number of aryl methyl sites for hydroxylation is 1. The quantitative estimate of drug-likeness (QED) is 0.650. The molecule has 1 aromatic rings. The van der Waals surface area contributed by atoms with Crippen molar-refractivity contribution in [3.8, 4) is 0 Å². The topological polar surface area (TPSA) is 104 Å². The lowest BCUT2D eigenvalue weighted by Gasteiger charge is -2.07. The van der Waals surface area contributed by atoms with Crippen LogP contribution in [0, 0.1) is 5.82 Å². The summed E-state index contributed by atoms with van der Waals surface area (Å²) in [5.41, 5.74) is 0.249. The van der Waals surface area contributed by atoms with Crippen LogP contribution in [0.15, 0.2) is 6.33 Å². The third-order valence-electron chi connectivity index (χ3n) is 2.05. The van der Waals surface area contributed by atoms with E-state index in [0.717, 1.165) is 0 Å². The van der Waals surface area contributed by atoms with Crippen molar-refractivity contribution in [1.29, 1.82) is 0 Å². The lowest BCUT2D eigenvalue weighted by molar-refractivity contribution is -0.137. The molecule has 7 nitrogen and oxygen atoms in total. The van der Waals surface area contributed by atoms with Crippen molar-refractivity contribution in [1.82, 2.24) is 15.3 Å². The van der Waals surface area contributed by atoms with Crippen molar-refractivity contribution in [3.05, 3.63) is 17.8 Å². The van der Waals surface area contributed by atoms with Gasteiger partial charge in [0.05, 0.1) is 12.2 Å². The molecule has 1 aromatic heterocycles. The third-order valence-corrected chi connectivity index (χ3v) is 2.05. The monoisotopic (exact) mass is 256 g/mol. The van der Waals surface area contributed by atoms with Gasteiger partial charge in [0.15, 0.2) is 11.6 Å². The first-order chi connectivity index (χ1) is 8.54. The summed E-state index contributed by atoms with van der Waals surface area (Å²) in [4.78, 5) is 28.8. The van der Waals surface area contributed by atoms with Gasteiger partial charge in [-0.05, 0) is 6.42 Å². The van der Waals surface area contributed by atoms with E-state index in [1.165, 1.54) is 6.33 Å². The Bertz CT molecular complexity index is 453. The normalized spacial score (nSPS) is 9.89. The molecule has 0 radical (unpaired) electrons. The van der Waals surface area contributed by atoms with Gasteiger partial charge < -0.3 is 15.7 Å². The molecule has 0 aliphatic rings. The van der Waals surface area contributed by atoms with Gasteiger partial charge in [-0.1, -0.05) is 6.92 Å². The van der Waals surface area contributed by atoms with Gasteiger partial charge in [0.1, 0.15) is 12.9 Å². The van der Waals surface area contributed by atoms with Crippen LogP contribution in [0.4, 0.5) is 10.2 Å². The minimum absolute atomic E-state index is 0.0766. The average Bonchev–Trinajstić information content (AvgIpc) is 2.35. The first-order valence-corrected chi connectivity index (χ1v) is 5.26. The van der Waals surface area contributed by atoms with E-state index < -0.39 is 24.2 Å². The summed E-state index contributed by atoms with van der Waals surface area (Å²) < 4.78 is 13.6. The maximum atomic E-state index is 13.6. The molecule has 0 unspecified atom stereocenters. The molecule has 0 atom stereocenters. The van der Waals surface area contributed by atoms with Crippen LogP contribution in [0.25, 0.3) is 0 Å². The fourth-order valence-corrected chi connectivity index (χ4v) is 1.18. The van der Waals surface area contributed by atoms with E-state index in [-0.39, 0.29) is 18.1 Å². The highest BCUT2D eigenvalue weighted by atomic mass is 19.1. The molecule has 8 heteroatoms. The van der Waals surface area contributed by atoms with E-state index in [1.54, 1.807) is 6.92 Å². The molecule has 1 amide bonds. The zero-order valence-corrected chi connectivity index (χ0v) is 9.73. The Hall–Kier alpha value is -2.25. The smallest absolute Gasteiger partial charge is 0.322 e. The lowest BCUT2D eigenvalue weighted by Crippen LogP contribution is -2.34. The van der Waals surface area contributed by atoms with Gasteiger partial charge >= 0.3 is 5.97 Å². The van der Waals surface area contributed by atoms with Crippen molar-refractivity contribution in [3.63, 3.8) is 0 Å². The largest absolute Gasteiger partial charge is 0.480 e. The summed E-state index contributed by atoms with van der Waals surface area (Å²) in [7, 11) is 0. The van der Waals surface area contributed by atoms with Crippen LogP contribution in [-0.4, -0.2) is 40.0 Å². The Kier molecular flexibility index (Phi) is 4.97. The Morgan fingerprint density at radius 3 is 2.72 bits per heavy atom. The number of hydrogen-bond donors (Lipinski definition) is 3. The predicted molar refractivity (Wildman–Crippen MR) is 60.5 cm³/mol. The molecule has 18 heavy (non-hydrogen) atoms. The van der Waals surface area contributed by atoms with Gasteiger partial charge in [-0.15, -0.1) is 0 Å². The molecule has 0 saturated carbocycles. The second-order valence-corrected chi connectivity index (χ2v) is 3.36. The molecule has 1 heterocycles. The Balaban J connectivity index is 2.53. The minimum atomic E-state index is -1.15. The number of carbonyl (C=O) groups is 2. The maximum absolute atomic E-state index is 13.6. The Labute approximate surface area is 102 Å². The number of carbonyl (C=O) groups excluding carboxylic acids is 1. The highest BCUT2D eigenvalue weighted by molar-refractivity contribution is 5.84. The van der Waals surface area contributed by atoms with Gasteiger partial charge in [0, 0.05) is 0 Å². The Morgan fingerprint density at radius 1 is 1.39 bits per heavy atom. The number of hydrogen-bond acceptors (Lipinski definition) is 5. The van der Waals surface area contributed by atoms with Crippen LogP contribution in [-0.2, 0) is 16.0 Å². The molecule has 3 N–H and O–H groups in total. The zero-order chi connectivity index (χ0) is 13.5. The van der Waals surface area contributed by atoms with Gasteiger partial charge in [0.25, 0.3) is 0 Å². The third kappa shape index (κ3) is 3.96. The number of carboxylic acid groups (broad SMARTS) is 1. The number of aromatic nitrogens is 2. The molecule has 1 rings (SSSR count). The number of halogens is 1. The van der Waals surface area contributed by atoms with Crippen molar-refractivity contribution >= 4 is 17.7 Å². The summed E-state index contributed by atoms with van der Waals surface area (Å²) in [6.07, 6.45) is 1.60. The van der Waals surface area contributed by atoms with Crippen molar-refractivity contribution in [2.75, 3.05) is 18.4 Å². The number of amides is 1. The lowest BCUT2D eigenvalue weighted by atomic mass is 10.3. The van der Waals surface area contributed by atoms with Crippen LogP contribution < -0.4 is 10.6 Å². The Morgan fingerprint density at radius 2 is 2.11 bits per heavy atom. The summed E-state index contributed by atoms with van der Waals surface area (Å²) in [5, 5.41) is 13.0. The molecule has 0 fully saturated rings. The van der Waals surface area contributed by atoms with Crippen molar-refractivity contribution < 1.29 is 19.1 Å². The van der Waals surface area contributed by atoms with Gasteiger partial charge in [-0.2, -0.15) is 0 Å². The molecular weight excluding hydrogens is 243 g/mol. The molecule has 0 aromatic carbocycles. The summed E-state index contributed by atoms with van der Waals surface area (Å²) in [6, 6.07) is 0. The van der Waals surface area contributed by atoms with Crippen molar-refractivity contribution in [2.45, 2.75) is 13.3 Å². The zero-order valence-electron chi connectivity index (χ0n) is 9.73. The van der Waals surface area contributed by atoms with E-state index in [9.17, 15) is 14.0 Å². The van der Waals surface area contributed by atoms with Gasteiger partial charge in [-0.25, -0.2) is 14.4 Å². The van der Waals surface area contributed by atoms with Crippen LogP contribution in [0.3, 0.4) is 0 Å². The maximum Gasteiger partial charge on any atom is 0.322 e. The van der Waals surface area contributed by atoms with Crippen molar-refractivity contribution in [2.24, 2.45) is 0 Å². The number of nitrogens with zero attached hydrogens (tertiary/aromatic N) is 2. The standard InChI is InChI=1S/C10H13FN4O3/c1-2-6-9(11)10(15-5-14-6)13-3-7(16)12-4-8(17)18/h5H,2-4H2,1H3,(H,12,16)(H,17,18)(H,13,14,15). The van der Waals surface area contributed by atoms with Gasteiger partial charge in [0.2, 0.25) is 5.91 Å². The number of rotatable bonds is 6. The molecule has 98 valence electrons. The summed E-state index contributed by atoms with van der Waals surface area (Å²) in [5.74, 6) is -2.39. The SMILES string of the molecule is CCc1ncnc(NCC(=O)NCC(=O)O)c1F. The molecular formula is C10H13FN4O3. The molecule has 0 aliphatic heterocycles. The predicted octanol–water partition coefficient (Wildman–Crippen LogP) is -0.209. The van der Waals surface area contributed by atoms with Crippen LogP contribution >= 0.6 is 0 Å². The molecule has 0 saturated heterocycles. The fraction of sp³-hybridized carbons (Fsp3) is 0.400. The van der Waals surface area contributed by atoms with E-state index in [1.807, 2.05) is 0 Å². The van der Waals surface area contributed by atoms with Crippen LogP contribution in [0.5, 0.6) is 0 Å². The van der Waals surface area contributed by atoms with E-state index in [4.69, 9.17) is 5.11 Å². The highest BCUT2D eigenvalue weighted by Gasteiger charge is 2.10. The molecule has 0 aliphatic carbocycles. The highest BCUT2D eigenvalue weighted by Crippen LogP contribution is 2.12. The first kappa shape index (κ1) is 13.8. The molecule has 0 bridgehead atoms. The summed E-state index contributed by atoms with van der Waals surface area (Å²) in [6.45, 7) is 1.01. The average molecular weight is 256 g/mol. The molecule has 0 spiro atoms. The fourth-order valence-electron chi connectivity index (χ4n) is 1.18. The van der Waals surface area contributed by atoms with E-state index >= 15 is 0 Å². The second-order valence-electron chi connectivity index (χ2n) is 3.36. The van der Waals surface area contributed by atoms with E-state index in [0.29, 0.717) is 6.42 Å². The van der Waals surface area contributed by atoms with Gasteiger partial charge in [-0.3, -0.25) is 9.59 Å². The first-order valence-electron chi connectivity index (χ1n) is 5.26. The second kappa shape index (κ2) is 6.48. The van der Waals surface area contributed by atoms with Crippen LogP contribution in [0.1, 0.15) is 12.6 Å². The summed E-state index contributed by atoms with van der Waals surface area (Å²) >= 11 is 0. The number of anilines is 1. The number of aliphatic carboxylic acids is 1. The van der Waals surface area contributed by atoms with E-state index in [2.05, 4.69) is 20.6 Å². The number of carboxylic acids is 1. The number of nitrogens with one attached hydrogen (secondary N) is 2. The minimum Gasteiger partial charge on any atom is -0.480 e. The van der Waals surface area contributed by atoms with Crippen LogP contribution in [0.2, 0.25) is 0 Å².